The van der Waals surface area contributed by atoms with Crippen LogP contribution < -0.4 is 0 Å². The van der Waals surface area contributed by atoms with Crippen LogP contribution in [0.3, 0.4) is 0 Å². The fourth-order valence-corrected chi connectivity index (χ4v) is 1.76. The van der Waals surface area contributed by atoms with Crippen molar-refractivity contribution in [3.63, 3.8) is 0 Å². The molecule has 0 unspecified atom stereocenters. The van der Waals surface area contributed by atoms with Crippen molar-refractivity contribution in [3.8, 4) is 0 Å². The van der Waals surface area contributed by atoms with Gasteiger partial charge in [-0.15, -0.1) is 0 Å². The molecule has 0 aromatic heterocycles. The molecule has 0 fully saturated rings. The first-order valence-corrected chi connectivity index (χ1v) is 6.29. The topological polar surface area (TPSA) is 0 Å². The highest BCUT2D eigenvalue weighted by Crippen LogP contribution is 2.30. The summed E-state index contributed by atoms with van der Waals surface area (Å²) >= 11 is 0. The Hall–Kier alpha value is -0.780. The molecule has 0 saturated carbocycles. The third kappa shape index (κ3) is 4.18. The summed E-state index contributed by atoms with van der Waals surface area (Å²) in [7, 11) is 0. The Kier molecular flexibility index (Phi) is 5.01. The largest absolute Gasteiger partial charge is 0.0776 e. The van der Waals surface area contributed by atoms with Gasteiger partial charge in [0, 0.05) is 0 Å². The van der Waals surface area contributed by atoms with Crippen LogP contribution in [0.2, 0.25) is 0 Å². The van der Waals surface area contributed by atoms with Gasteiger partial charge in [0.15, 0.2) is 0 Å². The summed E-state index contributed by atoms with van der Waals surface area (Å²) in [6, 6.07) is 7.09. The number of aryl methyl sites for hydroxylation is 1. The molecule has 0 heteroatoms. The molecule has 0 spiro atoms. The zero-order valence-electron chi connectivity index (χ0n) is 11.9. The third-order valence-corrected chi connectivity index (χ3v) is 3.13. The minimum Gasteiger partial charge on any atom is -0.0776 e. The molecule has 1 aromatic carbocycles. The highest BCUT2D eigenvalue weighted by atomic mass is 14.2. The third-order valence-electron chi connectivity index (χ3n) is 3.13. The smallest absolute Gasteiger partial charge is 0.0132 e. The maximum Gasteiger partial charge on any atom is -0.0132 e. The van der Waals surface area contributed by atoms with Gasteiger partial charge in [-0.3, -0.25) is 0 Å². The van der Waals surface area contributed by atoms with E-state index in [1.807, 2.05) is 0 Å². The van der Waals surface area contributed by atoms with Crippen LogP contribution in [0.4, 0.5) is 0 Å². The normalized spacial score (nSPS) is 12.2. The Morgan fingerprint density at radius 1 is 0.765 bits per heavy atom. The predicted octanol–water partition coefficient (Wildman–Crippen LogP) is 5.48. The molecular formula is C17H30. The van der Waals surface area contributed by atoms with Gasteiger partial charge in [-0.05, 0) is 33.9 Å². The van der Waals surface area contributed by atoms with Crippen LogP contribution in [-0.4, -0.2) is 0 Å². The van der Waals surface area contributed by atoms with E-state index in [0.717, 1.165) is 6.42 Å². The lowest BCUT2D eigenvalue weighted by Crippen LogP contribution is -2.16. The zero-order chi connectivity index (χ0) is 12.6. The Bertz CT molecular complexity index is 326. The van der Waals surface area contributed by atoms with Crippen LogP contribution in [0.25, 0.3) is 0 Å². The summed E-state index contributed by atoms with van der Waals surface area (Å²) in [6.07, 6.45) is 1.12. The minimum atomic E-state index is 0. The molecular weight excluding hydrogens is 204 g/mol. The first-order valence-electron chi connectivity index (χ1n) is 6.29. The number of rotatable bonds is 1. The monoisotopic (exact) mass is 234 g/mol. The van der Waals surface area contributed by atoms with Crippen molar-refractivity contribution in [2.45, 2.75) is 73.1 Å². The lowest BCUT2D eigenvalue weighted by atomic mass is 9.79. The summed E-state index contributed by atoms with van der Waals surface area (Å²) in [4.78, 5) is 0. The van der Waals surface area contributed by atoms with Crippen LogP contribution in [-0.2, 0) is 17.3 Å². The summed E-state index contributed by atoms with van der Waals surface area (Å²) in [5.41, 5.74) is 4.85. The van der Waals surface area contributed by atoms with Gasteiger partial charge in [-0.2, -0.15) is 0 Å². The summed E-state index contributed by atoms with van der Waals surface area (Å²) in [5, 5.41) is 0. The second kappa shape index (κ2) is 5.25. The van der Waals surface area contributed by atoms with Crippen LogP contribution in [0.15, 0.2) is 18.2 Å². The fraction of sp³-hybridized carbons (Fsp3) is 0.647. The van der Waals surface area contributed by atoms with E-state index in [-0.39, 0.29) is 18.3 Å². The summed E-state index contributed by atoms with van der Waals surface area (Å²) in [6.45, 7) is 15.9. The van der Waals surface area contributed by atoms with Crippen molar-refractivity contribution < 1.29 is 0 Å². The molecule has 0 radical (unpaired) electrons. The molecule has 0 N–H and O–H groups in total. The fourth-order valence-electron chi connectivity index (χ4n) is 1.76. The van der Waals surface area contributed by atoms with Crippen molar-refractivity contribution in [3.05, 3.63) is 34.9 Å². The quantitative estimate of drug-likeness (QED) is 0.603. The minimum absolute atomic E-state index is 0. The summed E-state index contributed by atoms with van der Waals surface area (Å²) in [5.74, 6) is 0. The molecule has 1 aromatic rings. The maximum atomic E-state index is 2.37. The predicted molar refractivity (Wildman–Crippen MR) is 80.0 cm³/mol. The molecule has 98 valence electrons. The molecule has 1 rings (SSSR count). The number of benzene rings is 1. The highest BCUT2D eigenvalue weighted by Gasteiger charge is 2.19. The Labute approximate surface area is 108 Å². The van der Waals surface area contributed by atoms with Gasteiger partial charge in [-0.25, -0.2) is 0 Å². The lowest BCUT2D eigenvalue weighted by molar-refractivity contribution is 0.567. The first-order chi connectivity index (χ1) is 7.14. The van der Waals surface area contributed by atoms with Crippen LogP contribution >= 0.6 is 0 Å². The van der Waals surface area contributed by atoms with Gasteiger partial charge in [-0.1, -0.05) is 74.1 Å². The van der Waals surface area contributed by atoms with Gasteiger partial charge in [0.05, 0.1) is 0 Å². The molecule has 0 atom stereocenters. The van der Waals surface area contributed by atoms with Crippen LogP contribution in [0.1, 0.15) is 72.6 Å². The highest BCUT2D eigenvalue weighted by molar-refractivity contribution is 5.37. The van der Waals surface area contributed by atoms with Crippen molar-refractivity contribution >= 4 is 0 Å². The molecule has 0 aliphatic carbocycles. The van der Waals surface area contributed by atoms with E-state index in [1.165, 1.54) is 16.7 Å². The molecule has 0 aliphatic rings. The molecule has 0 bridgehead atoms. The van der Waals surface area contributed by atoms with E-state index in [2.05, 4.69) is 66.7 Å². The molecule has 0 saturated heterocycles. The average molecular weight is 234 g/mol. The Morgan fingerprint density at radius 3 is 1.35 bits per heavy atom. The van der Waals surface area contributed by atoms with E-state index < -0.39 is 0 Å². The molecule has 0 heterocycles. The van der Waals surface area contributed by atoms with E-state index in [4.69, 9.17) is 0 Å². The van der Waals surface area contributed by atoms with E-state index in [9.17, 15) is 0 Å². The van der Waals surface area contributed by atoms with Gasteiger partial charge in [0.1, 0.15) is 0 Å². The number of hydrogen-bond donors (Lipinski definition) is 0. The summed E-state index contributed by atoms with van der Waals surface area (Å²) < 4.78 is 0. The van der Waals surface area contributed by atoms with Crippen LogP contribution in [0.5, 0.6) is 0 Å². The number of hydrogen-bond acceptors (Lipinski definition) is 0. The van der Waals surface area contributed by atoms with E-state index in [1.54, 1.807) is 0 Å². The van der Waals surface area contributed by atoms with Gasteiger partial charge in [0.2, 0.25) is 0 Å². The second-order valence-electron chi connectivity index (χ2n) is 6.77. The Morgan fingerprint density at radius 2 is 1.12 bits per heavy atom. The van der Waals surface area contributed by atoms with Crippen molar-refractivity contribution in [1.82, 2.24) is 0 Å². The average Bonchev–Trinajstić information content (AvgIpc) is 2.14. The Balaban J connectivity index is 0.00000256. The maximum absolute atomic E-state index is 2.37. The second-order valence-corrected chi connectivity index (χ2v) is 6.77. The van der Waals surface area contributed by atoms with Gasteiger partial charge >= 0.3 is 0 Å². The van der Waals surface area contributed by atoms with Gasteiger partial charge < -0.3 is 0 Å². The standard InChI is InChI=1S/C16H26.CH4/c1-8-12-9-13(15(2,3)4)11-14(10-12)16(5,6)7;/h9-11H,8H2,1-7H3;1H4. The first kappa shape index (κ1) is 16.2. The van der Waals surface area contributed by atoms with Crippen molar-refractivity contribution in [2.24, 2.45) is 0 Å². The van der Waals surface area contributed by atoms with E-state index in [0.29, 0.717) is 0 Å². The molecule has 0 amide bonds. The van der Waals surface area contributed by atoms with E-state index >= 15 is 0 Å². The molecule has 17 heavy (non-hydrogen) atoms. The van der Waals surface area contributed by atoms with Crippen LogP contribution in [0, 0.1) is 0 Å². The molecule has 0 aliphatic heterocycles. The molecule has 0 nitrogen and oxygen atoms in total. The SMILES string of the molecule is C.CCc1cc(C(C)(C)C)cc(C(C)(C)C)c1. The van der Waals surface area contributed by atoms with Gasteiger partial charge in [0.25, 0.3) is 0 Å². The lowest BCUT2D eigenvalue weighted by Gasteiger charge is -2.26. The van der Waals surface area contributed by atoms with Crippen molar-refractivity contribution in [1.29, 1.82) is 0 Å². The van der Waals surface area contributed by atoms with Crippen molar-refractivity contribution in [2.75, 3.05) is 0 Å². The zero-order valence-corrected chi connectivity index (χ0v) is 11.9.